The molecule has 0 bridgehead atoms. The lowest BCUT2D eigenvalue weighted by Gasteiger charge is -2.19. The van der Waals surface area contributed by atoms with Crippen LogP contribution in [0, 0.1) is 5.92 Å². The average Bonchev–Trinajstić information content (AvgIpc) is 3.25. The summed E-state index contributed by atoms with van der Waals surface area (Å²) in [6.07, 6.45) is 6.52. The molecule has 2 aliphatic rings. The Bertz CT molecular complexity index is 493. The topological polar surface area (TPSA) is 39.7 Å². The van der Waals surface area contributed by atoms with E-state index in [0.717, 1.165) is 32.1 Å². The van der Waals surface area contributed by atoms with E-state index in [-0.39, 0.29) is 0 Å². The Morgan fingerprint density at radius 3 is 2.70 bits per heavy atom. The van der Waals surface area contributed by atoms with E-state index in [2.05, 4.69) is 52.8 Å². The molecule has 0 aromatic heterocycles. The molecule has 1 aliphatic carbocycles. The molecule has 1 aliphatic heterocycles. The van der Waals surface area contributed by atoms with Gasteiger partial charge in [0.1, 0.15) is 0 Å². The van der Waals surface area contributed by atoms with E-state index in [1.165, 1.54) is 37.8 Å². The zero-order valence-electron chi connectivity index (χ0n) is 14.3. The van der Waals surface area contributed by atoms with Gasteiger partial charge < -0.3 is 15.5 Å². The molecule has 4 heteroatoms. The lowest BCUT2D eigenvalue weighted by atomic mass is 10.1. The molecule has 2 N–H and O–H groups in total. The van der Waals surface area contributed by atoms with Gasteiger partial charge in [-0.15, -0.1) is 0 Å². The van der Waals surface area contributed by atoms with Crippen LogP contribution in [0.2, 0.25) is 0 Å². The number of hydrogen-bond donors (Lipinski definition) is 2. The van der Waals surface area contributed by atoms with Crippen LogP contribution in [-0.4, -0.2) is 38.2 Å². The Hall–Kier alpha value is -1.71. The number of hydrogen-bond acceptors (Lipinski definition) is 2. The van der Waals surface area contributed by atoms with Crippen molar-refractivity contribution in [3.05, 3.63) is 30.3 Å². The number of benzene rings is 1. The van der Waals surface area contributed by atoms with Gasteiger partial charge in [0.05, 0.1) is 0 Å². The SMILES string of the molecule is CCNC(=NCC1CCN(c2ccccc2)C1)NC1CCCC1. The number of rotatable bonds is 5. The molecule has 0 radical (unpaired) electrons. The van der Waals surface area contributed by atoms with Crippen LogP contribution >= 0.6 is 0 Å². The van der Waals surface area contributed by atoms with Gasteiger partial charge >= 0.3 is 0 Å². The first kappa shape index (κ1) is 16.2. The third-order valence-electron chi connectivity index (χ3n) is 4.96. The molecular formula is C19H30N4. The normalized spacial score (nSPS) is 22.6. The van der Waals surface area contributed by atoms with Crippen LogP contribution in [0.15, 0.2) is 35.3 Å². The van der Waals surface area contributed by atoms with Crippen LogP contribution in [0.1, 0.15) is 39.0 Å². The number of para-hydroxylation sites is 1. The van der Waals surface area contributed by atoms with E-state index in [0.29, 0.717) is 12.0 Å². The number of anilines is 1. The highest BCUT2D eigenvalue weighted by molar-refractivity contribution is 5.80. The first-order chi connectivity index (χ1) is 11.3. The fraction of sp³-hybridized carbons (Fsp3) is 0.632. The van der Waals surface area contributed by atoms with Gasteiger partial charge in [-0.25, -0.2) is 0 Å². The number of nitrogens with one attached hydrogen (secondary N) is 2. The van der Waals surface area contributed by atoms with Gasteiger partial charge in [0, 0.05) is 37.9 Å². The van der Waals surface area contributed by atoms with E-state index in [1.54, 1.807) is 0 Å². The lowest BCUT2D eigenvalue weighted by Crippen LogP contribution is -2.42. The monoisotopic (exact) mass is 314 g/mol. The predicted molar refractivity (Wildman–Crippen MR) is 98.1 cm³/mol. The first-order valence-corrected chi connectivity index (χ1v) is 9.20. The van der Waals surface area contributed by atoms with E-state index in [4.69, 9.17) is 4.99 Å². The third kappa shape index (κ3) is 4.63. The summed E-state index contributed by atoms with van der Waals surface area (Å²) in [7, 11) is 0. The van der Waals surface area contributed by atoms with E-state index in [9.17, 15) is 0 Å². The molecule has 4 nitrogen and oxygen atoms in total. The van der Waals surface area contributed by atoms with Crippen molar-refractivity contribution in [2.24, 2.45) is 10.9 Å². The van der Waals surface area contributed by atoms with Gasteiger partial charge in [0.25, 0.3) is 0 Å². The van der Waals surface area contributed by atoms with E-state index in [1.807, 2.05) is 0 Å². The standard InChI is InChI=1S/C19H30N4/c1-2-20-19(22-17-8-6-7-9-17)21-14-16-12-13-23(15-16)18-10-4-3-5-11-18/h3-5,10-11,16-17H,2,6-9,12-15H2,1H3,(H2,20,21,22). The molecule has 126 valence electrons. The molecule has 3 rings (SSSR count). The van der Waals surface area contributed by atoms with Gasteiger partial charge in [-0.2, -0.15) is 0 Å². The maximum absolute atomic E-state index is 4.85. The van der Waals surface area contributed by atoms with Crippen molar-refractivity contribution < 1.29 is 0 Å². The summed E-state index contributed by atoms with van der Waals surface area (Å²) in [6, 6.07) is 11.4. The van der Waals surface area contributed by atoms with Gasteiger partial charge in [0.15, 0.2) is 5.96 Å². The summed E-state index contributed by atoms with van der Waals surface area (Å²) in [5, 5.41) is 7.01. The molecular weight excluding hydrogens is 284 g/mol. The van der Waals surface area contributed by atoms with Gasteiger partial charge in [-0.1, -0.05) is 31.0 Å². The van der Waals surface area contributed by atoms with Crippen LogP contribution in [-0.2, 0) is 0 Å². The van der Waals surface area contributed by atoms with Crippen LogP contribution < -0.4 is 15.5 Å². The highest BCUT2D eigenvalue weighted by Gasteiger charge is 2.22. The minimum atomic E-state index is 0.622. The average molecular weight is 314 g/mol. The Morgan fingerprint density at radius 2 is 1.96 bits per heavy atom. The highest BCUT2D eigenvalue weighted by atomic mass is 15.2. The molecule has 23 heavy (non-hydrogen) atoms. The number of guanidine groups is 1. The first-order valence-electron chi connectivity index (χ1n) is 9.20. The number of aliphatic imine (C=N–C) groups is 1. The lowest BCUT2D eigenvalue weighted by molar-refractivity contribution is 0.584. The quantitative estimate of drug-likeness (QED) is 0.648. The summed E-state index contributed by atoms with van der Waals surface area (Å²) >= 11 is 0. The fourth-order valence-corrected chi connectivity index (χ4v) is 3.66. The van der Waals surface area contributed by atoms with Gasteiger partial charge in [0.2, 0.25) is 0 Å². The molecule has 1 aromatic carbocycles. The molecule has 2 fully saturated rings. The van der Waals surface area contributed by atoms with Gasteiger partial charge in [-0.05, 0) is 44.2 Å². The molecule has 1 aromatic rings. The van der Waals surface area contributed by atoms with Crippen molar-refractivity contribution in [1.82, 2.24) is 10.6 Å². The van der Waals surface area contributed by atoms with Crippen molar-refractivity contribution in [3.63, 3.8) is 0 Å². The van der Waals surface area contributed by atoms with Crippen molar-refractivity contribution in [1.29, 1.82) is 0 Å². The second-order valence-corrected chi connectivity index (χ2v) is 6.78. The third-order valence-corrected chi connectivity index (χ3v) is 4.96. The summed E-state index contributed by atoms with van der Waals surface area (Å²) in [5.41, 5.74) is 1.34. The van der Waals surface area contributed by atoms with Crippen molar-refractivity contribution in [3.8, 4) is 0 Å². The Kier molecular flexibility index (Phi) is 5.78. The zero-order chi connectivity index (χ0) is 15.9. The van der Waals surface area contributed by atoms with Crippen molar-refractivity contribution in [2.75, 3.05) is 31.1 Å². The predicted octanol–water partition coefficient (Wildman–Crippen LogP) is 3.01. The summed E-state index contributed by atoms with van der Waals surface area (Å²) < 4.78 is 0. The van der Waals surface area contributed by atoms with Crippen LogP contribution in [0.4, 0.5) is 5.69 Å². The minimum Gasteiger partial charge on any atom is -0.371 e. The Balaban J connectivity index is 1.51. The summed E-state index contributed by atoms with van der Waals surface area (Å²) in [5.74, 6) is 1.67. The van der Waals surface area contributed by atoms with Crippen LogP contribution in [0.25, 0.3) is 0 Å². The Morgan fingerprint density at radius 1 is 1.17 bits per heavy atom. The minimum absolute atomic E-state index is 0.622. The second-order valence-electron chi connectivity index (χ2n) is 6.78. The molecule has 0 amide bonds. The zero-order valence-corrected chi connectivity index (χ0v) is 14.3. The molecule has 1 atom stereocenters. The van der Waals surface area contributed by atoms with Crippen molar-refractivity contribution >= 4 is 11.6 Å². The van der Waals surface area contributed by atoms with E-state index < -0.39 is 0 Å². The summed E-state index contributed by atoms with van der Waals surface area (Å²) in [6.45, 7) is 6.26. The van der Waals surface area contributed by atoms with E-state index >= 15 is 0 Å². The molecule has 1 unspecified atom stereocenters. The maximum atomic E-state index is 4.85. The van der Waals surface area contributed by atoms with Crippen LogP contribution in [0.3, 0.4) is 0 Å². The molecule has 1 heterocycles. The molecule has 0 spiro atoms. The van der Waals surface area contributed by atoms with Crippen LogP contribution in [0.5, 0.6) is 0 Å². The smallest absolute Gasteiger partial charge is 0.191 e. The fourth-order valence-electron chi connectivity index (χ4n) is 3.66. The molecule has 1 saturated carbocycles. The summed E-state index contributed by atoms with van der Waals surface area (Å²) in [4.78, 5) is 7.34. The molecule has 1 saturated heterocycles. The number of nitrogens with zero attached hydrogens (tertiary/aromatic N) is 2. The van der Waals surface area contributed by atoms with Crippen molar-refractivity contribution in [2.45, 2.75) is 45.1 Å². The highest BCUT2D eigenvalue weighted by Crippen LogP contribution is 2.23. The second kappa shape index (κ2) is 8.23. The van der Waals surface area contributed by atoms with Gasteiger partial charge in [-0.3, -0.25) is 4.99 Å². The maximum Gasteiger partial charge on any atom is 0.191 e. The largest absolute Gasteiger partial charge is 0.371 e. The Labute approximate surface area is 140 Å².